The van der Waals surface area contributed by atoms with Gasteiger partial charge < -0.3 is 10.4 Å². The summed E-state index contributed by atoms with van der Waals surface area (Å²) >= 11 is 0. The number of imide groups is 1. The Morgan fingerprint density at radius 2 is 2.14 bits per heavy atom. The third-order valence-electron chi connectivity index (χ3n) is 2.19. The molecular formula is C9H16N2O3. The molecule has 14 heavy (non-hydrogen) atoms. The number of rotatable bonds is 6. The van der Waals surface area contributed by atoms with Crippen LogP contribution in [-0.4, -0.2) is 36.1 Å². The molecule has 1 unspecified atom stereocenters. The molecule has 2 amide bonds. The number of unbranched alkanes of at least 4 members (excludes halogenated alkanes) is 2. The number of hydrogen-bond donors (Lipinski definition) is 3. The Bertz CT molecular complexity index is 218. The zero-order chi connectivity index (χ0) is 10.4. The third kappa shape index (κ3) is 3.43. The van der Waals surface area contributed by atoms with E-state index in [1.165, 1.54) is 0 Å². The summed E-state index contributed by atoms with van der Waals surface area (Å²) in [5.41, 5.74) is 0. The smallest absolute Gasteiger partial charge is 0.244 e. The van der Waals surface area contributed by atoms with Crippen LogP contribution in [0.25, 0.3) is 0 Å². The highest BCUT2D eigenvalue weighted by molar-refractivity contribution is 6.05. The average Bonchev–Trinajstić information content (AvgIpc) is 2.45. The summed E-state index contributed by atoms with van der Waals surface area (Å²) in [4.78, 5) is 21.9. The number of nitrogens with one attached hydrogen (secondary N) is 2. The summed E-state index contributed by atoms with van der Waals surface area (Å²) in [6.07, 6.45) is 2.89. The fourth-order valence-corrected chi connectivity index (χ4v) is 1.41. The molecule has 1 atom stereocenters. The first-order chi connectivity index (χ1) is 6.74. The predicted molar refractivity (Wildman–Crippen MR) is 50.5 cm³/mol. The SMILES string of the molecule is O=C1CC(NCCCCCO)C(=O)N1. The summed E-state index contributed by atoms with van der Waals surface area (Å²) in [5.74, 6) is -0.431. The van der Waals surface area contributed by atoms with Crippen molar-refractivity contribution in [2.24, 2.45) is 0 Å². The van der Waals surface area contributed by atoms with Gasteiger partial charge in [0.15, 0.2) is 0 Å². The summed E-state index contributed by atoms with van der Waals surface area (Å²) in [7, 11) is 0. The molecule has 1 aliphatic rings. The van der Waals surface area contributed by atoms with Gasteiger partial charge in [-0.3, -0.25) is 14.9 Å². The van der Waals surface area contributed by atoms with Crippen molar-refractivity contribution in [3.05, 3.63) is 0 Å². The van der Waals surface area contributed by atoms with Crippen molar-refractivity contribution in [3.63, 3.8) is 0 Å². The first-order valence-corrected chi connectivity index (χ1v) is 4.92. The molecule has 1 saturated heterocycles. The van der Waals surface area contributed by atoms with Gasteiger partial charge in [0.1, 0.15) is 0 Å². The zero-order valence-electron chi connectivity index (χ0n) is 8.08. The summed E-state index contributed by atoms with van der Waals surface area (Å²) in [6.45, 7) is 0.924. The Labute approximate surface area is 82.9 Å². The van der Waals surface area contributed by atoms with Crippen LogP contribution in [-0.2, 0) is 9.59 Å². The fourth-order valence-electron chi connectivity index (χ4n) is 1.41. The second-order valence-electron chi connectivity index (χ2n) is 3.41. The van der Waals surface area contributed by atoms with Gasteiger partial charge in [-0.05, 0) is 25.8 Å². The molecule has 5 heteroatoms. The highest BCUT2D eigenvalue weighted by Crippen LogP contribution is 2.01. The topological polar surface area (TPSA) is 78.4 Å². The summed E-state index contributed by atoms with van der Waals surface area (Å²) in [5, 5.41) is 13.8. The summed E-state index contributed by atoms with van der Waals surface area (Å²) < 4.78 is 0. The lowest BCUT2D eigenvalue weighted by Gasteiger charge is -2.07. The van der Waals surface area contributed by atoms with Crippen LogP contribution >= 0.6 is 0 Å². The van der Waals surface area contributed by atoms with E-state index in [2.05, 4.69) is 10.6 Å². The van der Waals surface area contributed by atoms with Crippen LogP contribution < -0.4 is 10.6 Å². The maximum atomic E-state index is 11.1. The minimum absolute atomic E-state index is 0.206. The fraction of sp³-hybridized carbons (Fsp3) is 0.778. The summed E-state index contributed by atoms with van der Waals surface area (Å²) in [6, 6.07) is -0.350. The molecule has 5 nitrogen and oxygen atoms in total. The van der Waals surface area contributed by atoms with Crippen LogP contribution in [0, 0.1) is 0 Å². The second-order valence-corrected chi connectivity index (χ2v) is 3.41. The van der Waals surface area contributed by atoms with Crippen molar-refractivity contribution in [3.8, 4) is 0 Å². The second kappa shape index (κ2) is 5.72. The Morgan fingerprint density at radius 3 is 2.71 bits per heavy atom. The maximum Gasteiger partial charge on any atom is 0.244 e. The van der Waals surface area contributed by atoms with Crippen LogP contribution in [0.2, 0.25) is 0 Å². The van der Waals surface area contributed by atoms with Crippen LogP contribution in [0.15, 0.2) is 0 Å². The van der Waals surface area contributed by atoms with Gasteiger partial charge in [-0.1, -0.05) is 0 Å². The molecule has 0 radical (unpaired) electrons. The molecule has 0 spiro atoms. The van der Waals surface area contributed by atoms with E-state index >= 15 is 0 Å². The van der Waals surface area contributed by atoms with Gasteiger partial charge >= 0.3 is 0 Å². The minimum atomic E-state index is -0.350. The van der Waals surface area contributed by atoms with Gasteiger partial charge in [-0.2, -0.15) is 0 Å². The van der Waals surface area contributed by atoms with E-state index in [1.54, 1.807) is 0 Å². The Balaban J connectivity index is 2.07. The molecule has 0 aromatic rings. The number of carbonyl (C=O) groups excluding carboxylic acids is 2. The van der Waals surface area contributed by atoms with Gasteiger partial charge in [0.2, 0.25) is 11.8 Å². The lowest BCUT2D eigenvalue weighted by atomic mass is 10.2. The first-order valence-electron chi connectivity index (χ1n) is 4.92. The monoisotopic (exact) mass is 200 g/mol. The van der Waals surface area contributed by atoms with Crippen LogP contribution in [0.5, 0.6) is 0 Å². The standard InChI is InChI=1S/C9H16N2O3/c12-5-3-1-2-4-10-7-6-8(13)11-9(7)14/h7,10,12H,1-6H2,(H,11,13,14). The quantitative estimate of drug-likeness (QED) is 0.385. The maximum absolute atomic E-state index is 11.1. The number of amides is 2. The van der Waals surface area contributed by atoms with Gasteiger partial charge in [-0.25, -0.2) is 0 Å². The molecule has 0 bridgehead atoms. The molecule has 0 aromatic heterocycles. The first kappa shape index (κ1) is 11.1. The van der Waals surface area contributed by atoms with Crippen molar-refractivity contribution in [2.45, 2.75) is 31.7 Å². The molecule has 0 saturated carbocycles. The van der Waals surface area contributed by atoms with Crippen molar-refractivity contribution in [1.29, 1.82) is 0 Å². The number of hydrogen-bond acceptors (Lipinski definition) is 4. The van der Waals surface area contributed by atoms with E-state index in [0.717, 1.165) is 19.3 Å². The predicted octanol–water partition coefficient (Wildman–Crippen LogP) is -0.846. The third-order valence-corrected chi connectivity index (χ3v) is 2.19. The molecule has 1 aliphatic heterocycles. The molecule has 1 heterocycles. The average molecular weight is 200 g/mol. The van der Waals surface area contributed by atoms with Gasteiger partial charge in [0.25, 0.3) is 0 Å². The number of aliphatic hydroxyl groups is 1. The molecule has 0 aliphatic carbocycles. The van der Waals surface area contributed by atoms with Crippen molar-refractivity contribution >= 4 is 11.8 Å². The Hall–Kier alpha value is -0.940. The van der Waals surface area contributed by atoms with E-state index in [4.69, 9.17) is 5.11 Å². The van der Waals surface area contributed by atoms with E-state index in [9.17, 15) is 9.59 Å². The van der Waals surface area contributed by atoms with Crippen LogP contribution in [0.3, 0.4) is 0 Å². The molecular weight excluding hydrogens is 184 g/mol. The van der Waals surface area contributed by atoms with Gasteiger partial charge in [0.05, 0.1) is 12.5 Å². The molecule has 3 N–H and O–H groups in total. The normalized spacial score (nSPS) is 21.4. The molecule has 1 fully saturated rings. The van der Waals surface area contributed by atoms with Gasteiger partial charge in [0, 0.05) is 6.61 Å². The zero-order valence-corrected chi connectivity index (χ0v) is 8.08. The van der Waals surface area contributed by atoms with E-state index < -0.39 is 0 Å². The van der Waals surface area contributed by atoms with Crippen molar-refractivity contribution in [2.75, 3.05) is 13.2 Å². The van der Waals surface area contributed by atoms with E-state index in [0.29, 0.717) is 6.54 Å². The van der Waals surface area contributed by atoms with Crippen molar-refractivity contribution < 1.29 is 14.7 Å². The number of carbonyl (C=O) groups is 2. The van der Waals surface area contributed by atoms with Crippen molar-refractivity contribution in [1.82, 2.24) is 10.6 Å². The largest absolute Gasteiger partial charge is 0.396 e. The van der Waals surface area contributed by atoms with E-state index in [-0.39, 0.29) is 30.9 Å². The Morgan fingerprint density at radius 1 is 1.36 bits per heavy atom. The highest BCUT2D eigenvalue weighted by Gasteiger charge is 2.29. The van der Waals surface area contributed by atoms with E-state index in [1.807, 2.05) is 0 Å². The number of aliphatic hydroxyl groups excluding tert-OH is 1. The van der Waals surface area contributed by atoms with Crippen LogP contribution in [0.1, 0.15) is 25.7 Å². The molecule has 1 rings (SSSR count). The molecule has 80 valence electrons. The molecule has 0 aromatic carbocycles. The van der Waals surface area contributed by atoms with Gasteiger partial charge in [-0.15, -0.1) is 0 Å². The minimum Gasteiger partial charge on any atom is -0.396 e. The highest BCUT2D eigenvalue weighted by atomic mass is 16.3. The lowest BCUT2D eigenvalue weighted by molar-refractivity contribution is -0.125. The Kier molecular flexibility index (Phi) is 4.55. The van der Waals surface area contributed by atoms with Crippen LogP contribution in [0.4, 0.5) is 0 Å². The lowest BCUT2D eigenvalue weighted by Crippen LogP contribution is -2.36.